The lowest BCUT2D eigenvalue weighted by Gasteiger charge is -2.29. The molecule has 3 heteroatoms. The summed E-state index contributed by atoms with van der Waals surface area (Å²) in [4.78, 5) is 4.52. The molecule has 0 aromatic heterocycles. The van der Waals surface area contributed by atoms with Crippen molar-refractivity contribution in [3.63, 3.8) is 0 Å². The summed E-state index contributed by atoms with van der Waals surface area (Å²) in [6, 6.07) is 2.72. The van der Waals surface area contributed by atoms with E-state index in [0.717, 1.165) is 19.6 Å². The maximum absolute atomic E-state index is 8.49. The average Bonchev–Trinajstić information content (AvgIpc) is 2.04. The zero-order valence-corrected chi connectivity index (χ0v) is 9.25. The number of nitrogens with zero attached hydrogens (tertiary/aromatic N) is 3. The zero-order chi connectivity index (χ0) is 10.3. The van der Waals surface area contributed by atoms with Gasteiger partial charge in [-0.25, -0.2) is 0 Å². The predicted octanol–water partition coefficient (Wildman–Crippen LogP) is 1.17. The van der Waals surface area contributed by atoms with E-state index in [-0.39, 0.29) is 0 Å². The van der Waals surface area contributed by atoms with Crippen molar-refractivity contribution in [3.05, 3.63) is 0 Å². The van der Waals surface area contributed by atoms with Crippen LogP contribution >= 0.6 is 0 Å². The molecule has 13 heavy (non-hydrogen) atoms. The summed E-state index contributed by atoms with van der Waals surface area (Å²) in [6.07, 6.45) is 0.631. The molecule has 0 fully saturated rings. The number of rotatable bonds is 6. The summed E-state index contributed by atoms with van der Waals surface area (Å²) in [5.41, 5.74) is 0. The Morgan fingerprint density at radius 2 is 2.00 bits per heavy atom. The van der Waals surface area contributed by atoms with Crippen LogP contribution in [-0.2, 0) is 0 Å². The van der Waals surface area contributed by atoms with E-state index in [1.54, 1.807) is 0 Å². The van der Waals surface area contributed by atoms with E-state index in [2.05, 4.69) is 43.8 Å². The van der Waals surface area contributed by atoms with Gasteiger partial charge in [0.15, 0.2) is 0 Å². The molecule has 0 heterocycles. The Bertz CT molecular complexity index is 160. The molecule has 0 amide bonds. The predicted molar refractivity (Wildman–Crippen MR) is 55.5 cm³/mol. The first kappa shape index (κ1) is 12.4. The summed E-state index contributed by atoms with van der Waals surface area (Å²) < 4.78 is 0. The molecule has 0 radical (unpaired) electrons. The summed E-state index contributed by atoms with van der Waals surface area (Å²) >= 11 is 0. The van der Waals surface area contributed by atoms with Crippen molar-refractivity contribution in [3.8, 4) is 6.07 Å². The van der Waals surface area contributed by atoms with E-state index in [0.29, 0.717) is 12.5 Å². The molecule has 0 saturated heterocycles. The first-order chi connectivity index (χ1) is 6.11. The first-order valence-corrected chi connectivity index (χ1v) is 4.87. The van der Waals surface area contributed by atoms with Crippen molar-refractivity contribution in [1.29, 1.82) is 5.26 Å². The molecule has 3 nitrogen and oxygen atoms in total. The minimum atomic E-state index is 0.536. The van der Waals surface area contributed by atoms with Gasteiger partial charge in [0.25, 0.3) is 0 Å². The van der Waals surface area contributed by atoms with E-state index in [1.807, 2.05) is 0 Å². The van der Waals surface area contributed by atoms with Crippen molar-refractivity contribution < 1.29 is 0 Å². The zero-order valence-electron chi connectivity index (χ0n) is 9.25. The van der Waals surface area contributed by atoms with E-state index < -0.39 is 0 Å². The monoisotopic (exact) mass is 183 g/mol. The van der Waals surface area contributed by atoms with Gasteiger partial charge < -0.3 is 4.90 Å². The van der Waals surface area contributed by atoms with Crippen LogP contribution in [-0.4, -0.2) is 49.6 Å². The highest BCUT2D eigenvalue weighted by molar-refractivity contribution is 4.75. The van der Waals surface area contributed by atoms with Crippen molar-refractivity contribution in [2.45, 2.75) is 26.3 Å². The van der Waals surface area contributed by atoms with Crippen LogP contribution in [0.25, 0.3) is 0 Å². The van der Waals surface area contributed by atoms with Crippen LogP contribution in [0.4, 0.5) is 0 Å². The molecule has 0 bridgehead atoms. The Kier molecular flexibility index (Phi) is 6.56. The highest BCUT2D eigenvalue weighted by atomic mass is 15.2. The lowest BCUT2D eigenvalue weighted by atomic mass is 10.2. The Hall–Kier alpha value is -0.590. The van der Waals surface area contributed by atoms with E-state index in [4.69, 9.17) is 5.26 Å². The maximum Gasteiger partial charge on any atom is 0.0635 e. The molecule has 1 unspecified atom stereocenters. The van der Waals surface area contributed by atoms with Crippen molar-refractivity contribution in [2.24, 2.45) is 0 Å². The number of hydrogen-bond donors (Lipinski definition) is 0. The lowest BCUT2D eigenvalue weighted by Crippen LogP contribution is -2.40. The van der Waals surface area contributed by atoms with Gasteiger partial charge in [0.1, 0.15) is 0 Å². The quantitative estimate of drug-likeness (QED) is 0.619. The van der Waals surface area contributed by atoms with Gasteiger partial charge >= 0.3 is 0 Å². The second-order valence-electron chi connectivity index (χ2n) is 3.65. The smallest absolute Gasteiger partial charge is 0.0635 e. The fraction of sp³-hybridized carbons (Fsp3) is 0.900. The molecule has 0 aromatic rings. The van der Waals surface area contributed by atoms with Gasteiger partial charge in [0.2, 0.25) is 0 Å². The molecule has 1 atom stereocenters. The first-order valence-electron chi connectivity index (χ1n) is 4.87. The molecule has 0 aliphatic rings. The van der Waals surface area contributed by atoms with Crippen LogP contribution in [0.5, 0.6) is 0 Å². The maximum atomic E-state index is 8.49. The number of likely N-dealkylation sites (N-methyl/N-ethyl adjacent to an activating group) is 2. The van der Waals surface area contributed by atoms with E-state index in [1.165, 1.54) is 0 Å². The van der Waals surface area contributed by atoms with Gasteiger partial charge in [0.05, 0.1) is 6.07 Å². The molecule has 0 rings (SSSR count). The fourth-order valence-electron chi connectivity index (χ4n) is 1.53. The topological polar surface area (TPSA) is 30.3 Å². The van der Waals surface area contributed by atoms with Crippen molar-refractivity contribution >= 4 is 0 Å². The van der Waals surface area contributed by atoms with Gasteiger partial charge in [-0.2, -0.15) is 5.26 Å². The van der Waals surface area contributed by atoms with Crippen LogP contribution in [0.3, 0.4) is 0 Å². The van der Waals surface area contributed by atoms with Gasteiger partial charge in [-0.05, 0) is 27.6 Å². The molecular weight excluding hydrogens is 162 g/mol. The van der Waals surface area contributed by atoms with Gasteiger partial charge in [-0.1, -0.05) is 6.92 Å². The average molecular weight is 183 g/mol. The molecule has 0 aliphatic heterocycles. The minimum Gasteiger partial charge on any atom is -0.308 e. The fourth-order valence-corrected chi connectivity index (χ4v) is 1.53. The molecule has 0 aromatic carbocycles. The van der Waals surface area contributed by atoms with Crippen LogP contribution in [0.2, 0.25) is 0 Å². The second kappa shape index (κ2) is 6.88. The normalized spacial score (nSPS) is 13.3. The third-order valence-electron chi connectivity index (χ3n) is 2.17. The summed E-state index contributed by atoms with van der Waals surface area (Å²) in [5.74, 6) is 0. The van der Waals surface area contributed by atoms with Crippen LogP contribution in [0, 0.1) is 11.3 Å². The third-order valence-corrected chi connectivity index (χ3v) is 2.17. The van der Waals surface area contributed by atoms with Gasteiger partial charge in [-0.3, -0.25) is 4.90 Å². The Labute approximate surface area is 81.9 Å². The van der Waals surface area contributed by atoms with Crippen LogP contribution in [0.15, 0.2) is 0 Å². The molecule has 0 N–H and O–H groups in total. The Morgan fingerprint density at radius 1 is 1.38 bits per heavy atom. The largest absolute Gasteiger partial charge is 0.308 e. The van der Waals surface area contributed by atoms with E-state index >= 15 is 0 Å². The number of hydrogen-bond acceptors (Lipinski definition) is 3. The molecular formula is C10H21N3. The SMILES string of the molecule is CCN(CCC#N)C(C)CN(C)C. The van der Waals surface area contributed by atoms with Crippen LogP contribution in [0.1, 0.15) is 20.3 Å². The second-order valence-corrected chi connectivity index (χ2v) is 3.65. The molecule has 0 aliphatic carbocycles. The summed E-state index contributed by atoms with van der Waals surface area (Å²) in [5, 5.41) is 8.49. The molecule has 0 spiro atoms. The molecule has 0 saturated carbocycles. The summed E-state index contributed by atoms with van der Waals surface area (Å²) in [6.45, 7) is 7.32. The Morgan fingerprint density at radius 3 is 2.38 bits per heavy atom. The standard InChI is InChI=1S/C10H21N3/c1-5-13(8-6-7-11)10(2)9-12(3)4/h10H,5-6,8-9H2,1-4H3. The Balaban J connectivity index is 3.85. The lowest BCUT2D eigenvalue weighted by molar-refractivity contribution is 0.185. The van der Waals surface area contributed by atoms with Gasteiger partial charge in [-0.15, -0.1) is 0 Å². The highest BCUT2D eigenvalue weighted by Gasteiger charge is 2.11. The van der Waals surface area contributed by atoms with Crippen molar-refractivity contribution in [2.75, 3.05) is 33.7 Å². The van der Waals surface area contributed by atoms with E-state index in [9.17, 15) is 0 Å². The van der Waals surface area contributed by atoms with Gasteiger partial charge in [0, 0.05) is 25.6 Å². The minimum absolute atomic E-state index is 0.536. The molecule has 76 valence electrons. The van der Waals surface area contributed by atoms with Crippen molar-refractivity contribution in [1.82, 2.24) is 9.80 Å². The third kappa shape index (κ3) is 5.62. The summed E-state index contributed by atoms with van der Waals surface area (Å²) in [7, 11) is 4.16. The number of nitriles is 1. The highest BCUT2D eigenvalue weighted by Crippen LogP contribution is 2.00. The van der Waals surface area contributed by atoms with Crippen LogP contribution < -0.4 is 0 Å².